The van der Waals surface area contributed by atoms with E-state index in [1.54, 1.807) is 6.07 Å². The first-order chi connectivity index (χ1) is 9.42. The molecule has 2 heterocycles. The van der Waals surface area contributed by atoms with Gasteiger partial charge in [0, 0.05) is 5.41 Å². The van der Waals surface area contributed by atoms with Crippen LogP contribution in [-0.2, 0) is 5.41 Å². The first-order valence-electron chi connectivity index (χ1n) is 6.09. The monoisotopic (exact) mass is 413 g/mol. The van der Waals surface area contributed by atoms with Crippen molar-refractivity contribution in [2.45, 2.75) is 22.0 Å². The molecule has 0 aliphatic heterocycles. The smallest absolute Gasteiger partial charge is 0.267 e. The molecule has 3 aromatic rings. The maximum Gasteiger partial charge on any atom is 0.283 e. The van der Waals surface area contributed by atoms with Crippen LogP contribution in [0, 0.1) is 0 Å². The normalized spacial score (nSPS) is 24.4. The van der Waals surface area contributed by atoms with Gasteiger partial charge in [-0.15, -0.1) is 0 Å². The molecule has 20 heavy (non-hydrogen) atoms. The van der Waals surface area contributed by atoms with Gasteiger partial charge in [0.25, 0.3) is 5.56 Å². The molecule has 1 aromatic carbocycles. The van der Waals surface area contributed by atoms with E-state index in [-0.39, 0.29) is 14.2 Å². The lowest BCUT2D eigenvalue weighted by Gasteiger charge is -2.06. The molecule has 1 saturated carbocycles. The number of alkyl halides is 2. The summed E-state index contributed by atoms with van der Waals surface area (Å²) in [5.74, 6) is 0. The minimum absolute atomic E-state index is 0.0933. The SMILES string of the molecule is CC1(c2nn3c(=O)c4ccccc4nc3s2)CC1(Br)Br. The zero-order chi connectivity index (χ0) is 14.1. The Labute approximate surface area is 135 Å². The summed E-state index contributed by atoms with van der Waals surface area (Å²) in [7, 11) is 0. The lowest BCUT2D eigenvalue weighted by Crippen LogP contribution is -2.16. The number of fused-ring (bicyclic) bond motifs is 2. The molecule has 0 N–H and O–H groups in total. The van der Waals surface area contributed by atoms with Crippen LogP contribution in [-0.4, -0.2) is 17.8 Å². The molecule has 1 atom stereocenters. The third kappa shape index (κ3) is 1.60. The van der Waals surface area contributed by atoms with Gasteiger partial charge in [-0.2, -0.15) is 9.61 Å². The topological polar surface area (TPSA) is 47.3 Å². The van der Waals surface area contributed by atoms with Crippen molar-refractivity contribution < 1.29 is 0 Å². The van der Waals surface area contributed by atoms with Gasteiger partial charge in [-0.05, 0) is 18.6 Å². The van der Waals surface area contributed by atoms with Crippen LogP contribution in [0.2, 0.25) is 0 Å². The minimum Gasteiger partial charge on any atom is -0.267 e. The molecule has 7 heteroatoms. The Kier molecular flexibility index (Phi) is 2.52. The van der Waals surface area contributed by atoms with Gasteiger partial charge in [0.05, 0.1) is 14.1 Å². The summed E-state index contributed by atoms with van der Waals surface area (Å²) in [5, 5.41) is 6.02. The Morgan fingerprint density at radius 2 is 2.05 bits per heavy atom. The minimum atomic E-state index is -0.121. The maximum atomic E-state index is 12.5. The standard InChI is InChI=1S/C13H9Br2N3OS/c1-12(6-13(12,14)15)10-17-18-9(19)7-4-2-3-5-8(7)16-11(18)20-10/h2-5H,6H2,1H3. The van der Waals surface area contributed by atoms with E-state index in [1.165, 1.54) is 15.9 Å². The molecule has 0 radical (unpaired) electrons. The molecule has 4 nitrogen and oxygen atoms in total. The highest BCUT2D eigenvalue weighted by Gasteiger charge is 2.64. The summed E-state index contributed by atoms with van der Waals surface area (Å²) in [6, 6.07) is 7.37. The molecule has 1 unspecified atom stereocenters. The molecular weight excluding hydrogens is 406 g/mol. The Morgan fingerprint density at radius 3 is 2.75 bits per heavy atom. The van der Waals surface area contributed by atoms with Gasteiger partial charge in [-0.25, -0.2) is 4.98 Å². The van der Waals surface area contributed by atoms with Crippen molar-refractivity contribution in [1.29, 1.82) is 0 Å². The van der Waals surface area contributed by atoms with E-state index in [0.717, 1.165) is 16.9 Å². The third-order valence-electron chi connectivity index (χ3n) is 3.83. The van der Waals surface area contributed by atoms with Gasteiger partial charge in [-0.3, -0.25) is 4.79 Å². The Bertz CT molecular complexity index is 917. The molecule has 4 rings (SSSR count). The number of aromatic nitrogens is 3. The lowest BCUT2D eigenvalue weighted by atomic mass is 10.2. The number of nitrogens with zero attached hydrogens (tertiary/aromatic N) is 3. The van der Waals surface area contributed by atoms with E-state index in [9.17, 15) is 4.79 Å². The maximum absolute atomic E-state index is 12.5. The van der Waals surface area contributed by atoms with Crippen molar-refractivity contribution >= 4 is 59.1 Å². The quantitative estimate of drug-likeness (QED) is 0.573. The van der Waals surface area contributed by atoms with Gasteiger partial charge in [0.2, 0.25) is 4.96 Å². The predicted molar refractivity (Wildman–Crippen MR) is 87.2 cm³/mol. The number of hydrogen-bond acceptors (Lipinski definition) is 4. The zero-order valence-electron chi connectivity index (χ0n) is 10.4. The van der Waals surface area contributed by atoms with Crippen molar-refractivity contribution in [3.63, 3.8) is 0 Å². The Hall–Kier alpha value is -0.790. The van der Waals surface area contributed by atoms with Crippen LogP contribution in [0.15, 0.2) is 29.1 Å². The van der Waals surface area contributed by atoms with Crippen LogP contribution < -0.4 is 5.56 Å². The van der Waals surface area contributed by atoms with Crippen LogP contribution in [0.3, 0.4) is 0 Å². The molecule has 0 amide bonds. The molecular formula is C13H9Br2N3OS. The fraction of sp³-hybridized carbons (Fsp3) is 0.308. The van der Waals surface area contributed by atoms with Gasteiger partial charge < -0.3 is 0 Å². The van der Waals surface area contributed by atoms with Gasteiger partial charge >= 0.3 is 0 Å². The summed E-state index contributed by atoms with van der Waals surface area (Å²) in [5.41, 5.74) is 0.522. The molecule has 1 aliphatic rings. The summed E-state index contributed by atoms with van der Waals surface area (Å²) in [6.07, 6.45) is 0.939. The average molecular weight is 415 g/mol. The second kappa shape index (κ2) is 3.90. The number of rotatable bonds is 1. The highest BCUT2D eigenvalue weighted by molar-refractivity contribution is 9.25. The summed E-state index contributed by atoms with van der Waals surface area (Å²) in [4.78, 5) is 17.6. The number of hydrogen-bond donors (Lipinski definition) is 0. The molecule has 0 spiro atoms. The second-order valence-electron chi connectivity index (χ2n) is 5.25. The van der Waals surface area contributed by atoms with Crippen molar-refractivity contribution in [3.05, 3.63) is 39.6 Å². The number of halogens is 2. The van der Waals surface area contributed by atoms with Gasteiger partial charge in [0.1, 0.15) is 5.01 Å². The van der Waals surface area contributed by atoms with Gasteiger partial charge in [0.15, 0.2) is 0 Å². The lowest BCUT2D eigenvalue weighted by molar-refractivity contribution is 0.734. The largest absolute Gasteiger partial charge is 0.283 e. The number of benzene rings is 1. The molecule has 2 aromatic heterocycles. The first-order valence-corrected chi connectivity index (χ1v) is 8.50. The van der Waals surface area contributed by atoms with E-state index in [2.05, 4.69) is 48.9 Å². The second-order valence-corrected chi connectivity index (χ2v) is 9.98. The van der Waals surface area contributed by atoms with Crippen molar-refractivity contribution in [2.24, 2.45) is 0 Å². The van der Waals surface area contributed by atoms with Crippen LogP contribution in [0.25, 0.3) is 15.9 Å². The Morgan fingerprint density at radius 1 is 1.35 bits per heavy atom. The Balaban J connectivity index is 2.03. The molecule has 1 fully saturated rings. The van der Waals surface area contributed by atoms with Crippen LogP contribution in [0.5, 0.6) is 0 Å². The highest BCUT2D eigenvalue weighted by atomic mass is 79.9. The van der Waals surface area contributed by atoms with E-state index in [4.69, 9.17) is 0 Å². The number of para-hydroxylation sites is 1. The predicted octanol–water partition coefficient (Wildman–Crippen LogP) is 3.45. The van der Waals surface area contributed by atoms with E-state index < -0.39 is 0 Å². The van der Waals surface area contributed by atoms with E-state index >= 15 is 0 Å². The van der Waals surface area contributed by atoms with E-state index in [0.29, 0.717) is 10.3 Å². The van der Waals surface area contributed by atoms with Crippen molar-refractivity contribution in [3.8, 4) is 0 Å². The molecule has 0 bridgehead atoms. The van der Waals surface area contributed by atoms with E-state index in [1.807, 2.05) is 18.2 Å². The average Bonchev–Trinajstić information content (AvgIpc) is 2.75. The van der Waals surface area contributed by atoms with Crippen LogP contribution >= 0.6 is 43.2 Å². The van der Waals surface area contributed by atoms with Crippen molar-refractivity contribution in [2.75, 3.05) is 0 Å². The summed E-state index contributed by atoms with van der Waals surface area (Å²) in [6.45, 7) is 2.12. The van der Waals surface area contributed by atoms with Gasteiger partial charge in [-0.1, -0.05) is 62.3 Å². The molecule has 0 saturated heterocycles. The summed E-state index contributed by atoms with van der Waals surface area (Å²) < 4.78 is 1.30. The fourth-order valence-electron chi connectivity index (χ4n) is 2.31. The van der Waals surface area contributed by atoms with Crippen LogP contribution in [0.1, 0.15) is 18.4 Å². The zero-order valence-corrected chi connectivity index (χ0v) is 14.4. The highest BCUT2D eigenvalue weighted by Crippen LogP contribution is 2.67. The third-order valence-corrected chi connectivity index (χ3v) is 7.32. The molecule has 102 valence electrons. The molecule has 1 aliphatic carbocycles. The summed E-state index contributed by atoms with van der Waals surface area (Å²) >= 11 is 8.76. The van der Waals surface area contributed by atoms with Crippen molar-refractivity contribution in [1.82, 2.24) is 14.6 Å². The van der Waals surface area contributed by atoms with Crippen LogP contribution in [0.4, 0.5) is 0 Å². The fourth-order valence-corrected chi connectivity index (χ4v) is 5.19. The first kappa shape index (κ1) is 12.9.